The van der Waals surface area contributed by atoms with Crippen molar-refractivity contribution in [3.05, 3.63) is 169 Å². The summed E-state index contributed by atoms with van der Waals surface area (Å²) in [7, 11) is 0. The van der Waals surface area contributed by atoms with Crippen LogP contribution in [0, 0.1) is 11.3 Å². The first-order valence-electron chi connectivity index (χ1n) is 16.2. The molecular formula is C45H27N3. The lowest BCUT2D eigenvalue weighted by atomic mass is 9.98. The highest BCUT2D eigenvalue weighted by Crippen LogP contribution is 2.41. The van der Waals surface area contributed by atoms with E-state index >= 15 is 0 Å². The minimum Gasteiger partial charge on any atom is -0.309 e. The van der Waals surface area contributed by atoms with Crippen LogP contribution in [0.2, 0.25) is 0 Å². The monoisotopic (exact) mass is 609 g/mol. The highest BCUT2D eigenvalue weighted by Gasteiger charge is 2.18. The van der Waals surface area contributed by atoms with Crippen LogP contribution in [0.15, 0.2) is 164 Å². The van der Waals surface area contributed by atoms with Crippen LogP contribution in [0.3, 0.4) is 0 Å². The number of aromatic nitrogens is 2. The summed E-state index contributed by atoms with van der Waals surface area (Å²) in [6.07, 6.45) is 0. The van der Waals surface area contributed by atoms with Crippen molar-refractivity contribution in [3.63, 3.8) is 0 Å². The van der Waals surface area contributed by atoms with Gasteiger partial charge in [-0.2, -0.15) is 5.26 Å². The summed E-state index contributed by atoms with van der Waals surface area (Å²) in [5, 5.41) is 19.0. The maximum absolute atomic E-state index is 9.40. The van der Waals surface area contributed by atoms with E-state index < -0.39 is 0 Å². The van der Waals surface area contributed by atoms with Crippen molar-refractivity contribution >= 4 is 65.2 Å². The lowest BCUT2D eigenvalue weighted by molar-refractivity contribution is 1.18. The van der Waals surface area contributed by atoms with Gasteiger partial charge >= 0.3 is 0 Å². The van der Waals surface area contributed by atoms with Gasteiger partial charge < -0.3 is 9.13 Å². The first kappa shape index (κ1) is 26.6. The van der Waals surface area contributed by atoms with Gasteiger partial charge in [-0.25, -0.2) is 0 Å². The summed E-state index contributed by atoms with van der Waals surface area (Å²) in [5.74, 6) is 0. The third-order valence-electron chi connectivity index (χ3n) is 9.90. The number of hydrogen-bond acceptors (Lipinski definition) is 1. The molecule has 2 heterocycles. The lowest BCUT2D eigenvalue weighted by Crippen LogP contribution is -1.94. The molecule has 0 aliphatic rings. The number of benzene rings is 8. The number of para-hydroxylation sites is 3. The largest absolute Gasteiger partial charge is 0.309 e. The second-order valence-corrected chi connectivity index (χ2v) is 12.5. The molecule has 8 aromatic carbocycles. The SMILES string of the molecule is N#Cc1ccc2c(ccc3cc(-n4c5ccccc5c5c(-c6ccc7c(c6)c6ccccc6n7-c6ccccc6)cccc54)ccc32)c1. The first-order chi connectivity index (χ1) is 23.8. The van der Waals surface area contributed by atoms with Gasteiger partial charge in [0.15, 0.2) is 0 Å². The van der Waals surface area contributed by atoms with Crippen LogP contribution in [0.5, 0.6) is 0 Å². The second-order valence-electron chi connectivity index (χ2n) is 12.5. The second kappa shape index (κ2) is 10.2. The van der Waals surface area contributed by atoms with Gasteiger partial charge in [-0.15, -0.1) is 0 Å². The molecule has 10 rings (SSSR count). The Labute approximate surface area is 276 Å². The minimum atomic E-state index is 0.681. The van der Waals surface area contributed by atoms with Gasteiger partial charge in [0.1, 0.15) is 0 Å². The molecule has 0 fully saturated rings. The van der Waals surface area contributed by atoms with Crippen LogP contribution in [-0.2, 0) is 0 Å². The smallest absolute Gasteiger partial charge is 0.0991 e. The zero-order valence-corrected chi connectivity index (χ0v) is 25.9. The summed E-state index contributed by atoms with van der Waals surface area (Å²) in [5.41, 5.74) is 10.2. The molecule has 0 spiro atoms. The third-order valence-corrected chi connectivity index (χ3v) is 9.90. The fourth-order valence-corrected chi connectivity index (χ4v) is 7.80. The average molecular weight is 610 g/mol. The average Bonchev–Trinajstić information content (AvgIpc) is 3.67. The molecule has 0 unspecified atom stereocenters. The Kier molecular flexibility index (Phi) is 5.64. The van der Waals surface area contributed by atoms with Gasteiger partial charge in [-0.1, -0.05) is 97.1 Å². The molecule has 2 aromatic heterocycles. The van der Waals surface area contributed by atoms with E-state index in [-0.39, 0.29) is 0 Å². The van der Waals surface area contributed by atoms with Crippen LogP contribution in [0.4, 0.5) is 0 Å². The maximum Gasteiger partial charge on any atom is 0.0991 e. The molecule has 3 heteroatoms. The Balaban J connectivity index is 1.20. The van der Waals surface area contributed by atoms with Gasteiger partial charge in [0.05, 0.1) is 33.7 Å². The minimum absolute atomic E-state index is 0.681. The predicted octanol–water partition coefficient (Wildman–Crippen LogP) is 11.7. The van der Waals surface area contributed by atoms with Gasteiger partial charge in [-0.3, -0.25) is 0 Å². The number of fused-ring (bicyclic) bond motifs is 9. The molecule has 0 aliphatic carbocycles. The molecule has 0 aliphatic heterocycles. The van der Waals surface area contributed by atoms with Crippen molar-refractivity contribution in [3.8, 4) is 28.6 Å². The Morgan fingerprint density at radius 3 is 1.85 bits per heavy atom. The predicted molar refractivity (Wildman–Crippen MR) is 200 cm³/mol. The summed E-state index contributed by atoms with van der Waals surface area (Å²) in [6.45, 7) is 0. The molecule has 10 aromatic rings. The Bertz CT molecular complexity index is 2950. The highest BCUT2D eigenvalue weighted by atomic mass is 15.0. The van der Waals surface area contributed by atoms with Crippen LogP contribution >= 0.6 is 0 Å². The van der Waals surface area contributed by atoms with E-state index in [1.54, 1.807) is 0 Å². The van der Waals surface area contributed by atoms with E-state index in [1.165, 1.54) is 65.5 Å². The molecule has 0 amide bonds. The number of nitrogens with zero attached hydrogens (tertiary/aromatic N) is 3. The van der Waals surface area contributed by atoms with Crippen molar-refractivity contribution in [2.75, 3.05) is 0 Å². The van der Waals surface area contributed by atoms with Crippen molar-refractivity contribution in [1.82, 2.24) is 9.13 Å². The topological polar surface area (TPSA) is 33.6 Å². The van der Waals surface area contributed by atoms with Gasteiger partial charge in [0, 0.05) is 32.9 Å². The van der Waals surface area contributed by atoms with Crippen molar-refractivity contribution in [1.29, 1.82) is 5.26 Å². The zero-order chi connectivity index (χ0) is 31.8. The van der Waals surface area contributed by atoms with E-state index in [9.17, 15) is 5.26 Å². The number of hydrogen-bond donors (Lipinski definition) is 0. The highest BCUT2D eigenvalue weighted by molar-refractivity contribution is 6.18. The van der Waals surface area contributed by atoms with Crippen molar-refractivity contribution < 1.29 is 0 Å². The molecule has 0 bridgehead atoms. The molecule has 0 atom stereocenters. The molecule has 0 saturated heterocycles. The Morgan fingerprint density at radius 1 is 0.396 bits per heavy atom. The Hall–Kier alpha value is -6.63. The molecule has 48 heavy (non-hydrogen) atoms. The molecule has 222 valence electrons. The van der Waals surface area contributed by atoms with Crippen LogP contribution in [0.25, 0.3) is 87.7 Å². The normalized spacial score (nSPS) is 11.7. The maximum atomic E-state index is 9.40. The number of rotatable bonds is 3. The summed E-state index contributed by atoms with van der Waals surface area (Å²) >= 11 is 0. The standard InChI is InChI=1S/C45H27N3/c46-28-29-17-22-35-30(25-29)18-19-31-26-34(21-23-36(31)35)48-42-15-7-5-12-39(42)45-37(13-8-16-44(45)48)32-20-24-43-40(27-32)38-11-4-6-14-41(38)47(43)33-9-2-1-3-10-33/h1-27H. The molecule has 3 nitrogen and oxygen atoms in total. The van der Waals surface area contributed by atoms with Gasteiger partial charge in [0.2, 0.25) is 0 Å². The van der Waals surface area contributed by atoms with Gasteiger partial charge in [-0.05, 0) is 99.4 Å². The zero-order valence-electron chi connectivity index (χ0n) is 25.9. The quantitative estimate of drug-likeness (QED) is 0.183. The van der Waals surface area contributed by atoms with E-state index in [1.807, 2.05) is 12.1 Å². The molecular weight excluding hydrogens is 583 g/mol. The van der Waals surface area contributed by atoms with Crippen molar-refractivity contribution in [2.24, 2.45) is 0 Å². The fourth-order valence-electron chi connectivity index (χ4n) is 7.80. The molecule has 0 saturated carbocycles. The number of nitriles is 1. The fraction of sp³-hybridized carbons (Fsp3) is 0. The molecule has 0 radical (unpaired) electrons. The Morgan fingerprint density at radius 2 is 1.04 bits per heavy atom. The van der Waals surface area contributed by atoms with E-state index in [0.29, 0.717) is 5.56 Å². The third kappa shape index (κ3) is 3.81. The van der Waals surface area contributed by atoms with E-state index in [2.05, 4.69) is 167 Å². The van der Waals surface area contributed by atoms with Crippen LogP contribution in [-0.4, -0.2) is 9.13 Å². The van der Waals surface area contributed by atoms with Crippen LogP contribution < -0.4 is 0 Å². The summed E-state index contributed by atoms with van der Waals surface area (Å²) in [4.78, 5) is 0. The van der Waals surface area contributed by atoms with E-state index in [4.69, 9.17) is 0 Å². The van der Waals surface area contributed by atoms with E-state index in [0.717, 1.165) is 22.1 Å². The van der Waals surface area contributed by atoms with Crippen LogP contribution in [0.1, 0.15) is 5.56 Å². The first-order valence-corrected chi connectivity index (χ1v) is 16.2. The lowest BCUT2D eigenvalue weighted by Gasteiger charge is -2.12. The summed E-state index contributed by atoms with van der Waals surface area (Å²) < 4.78 is 4.77. The molecule has 0 N–H and O–H groups in total. The summed E-state index contributed by atoms with van der Waals surface area (Å²) in [6, 6.07) is 60.9. The van der Waals surface area contributed by atoms with Gasteiger partial charge in [0.25, 0.3) is 0 Å². The van der Waals surface area contributed by atoms with Crippen molar-refractivity contribution in [2.45, 2.75) is 0 Å².